The van der Waals surface area contributed by atoms with Gasteiger partial charge in [0.25, 0.3) is 0 Å². The highest BCUT2D eigenvalue weighted by atomic mass is 32.2. The van der Waals surface area contributed by atoms with E-state index < -0.39 is 17.9 Å². The van der Waals surface area contributed by atoms with Gasteiger partial charge in [0.1, 0.15) is 5.92 Å². The molecule has 7 heteroatoms. The average Bonchev–Trinajstić information content (AvgIpc) is 2.34. The van der Waals surface area contributed by atoms with Crippen LogP contribution in [-0.2, 0) is 5.75 Å². The minimum Gasteiger partial charge on any atom is -0.409 e. The molecular weight excluding hydrogens is 277 g/mol. The van der Waals surface area contributed by atoms with Crippen molar-refractivity contribution in [3.05, 3.63) is 35.4 Å². The van der Waals surface area contributed by atoms with Crippen LogP contribution in [0.3, 0.4) is 0 Å². The van der Waals surface area contributed by atoms with Gasteiger partial charge in [0.15, 0.2) is 5.84 Å². The lowest BCUT2D eigenvalue weighted by molar-refractivity contribution is -0.150. The zero-order valence-electron chi connectivity index (χ0n) is 10.3. The minimum absolute atomic E-state index is 0.270. The van der Waals surface area contributed by atoms with Gasteiger partial charge in [-0.2, -0.15) is 24.9 Å². The Morgan fingerprint density at radius 2 is 2.05 bits per heavy atom. The average molecular weight is 292 g/mol. The third-order valence-corrected chi connectivity index (χ3v) is 3.76. The van der Waals surface area contributed by atoms with Gasteiger partial charge < -0.3 is 10.9 Å². The van der Waals surface area contributed by atoms with Crippen LogP contribution in [0.5, 0.6) is 0 Å². The van der Waals surface area contributed by atoms with E-state index >= 15 is 0 Å². The van der Waals surface area contributed by atoms with Crippen LogP contribution >= 0.6 is 11.8 Å². The Bertz CT molecular complexity index is 449. The lowest BCUT2D eigenvalue weighted by Crippen LogP contribution is -2.37. The van der Waals surface area contributed by atoms with Gasteiger partial charge >= 0.3 is 6.18 Å². The highest BCUT2D eigenvalue weighted by molar-refractivity contribution is 7.98. The number of hydrogen-bond acceptors (Lipinski definition) is 3. The molecule has 1 aromatic rings. The molecule has 106 valence electrons. The number of benzene rings is 1. The van der Waals surface area contributed by atoms with Crippen LogP contribution in [0.1, 0.15) is 11.1 Å². The van der Waals surface area contributed by atoms with Crippen LogP contribution in [0.2, 0.25) is 0 Å². The molecule has 0 aliphatic rings. The van der Waals surface area contributed by atoms with Gasteiger partial charge in [-0.3, -0.25) is 0 Å². The number of alkyl halides is 3. The molecule has 3 N–H and O–H groups in total. The fraction of sp³-hybridized carbons (Fsp3) is 0.417. The standard InChI is InChI=1S/C12H15F3N2OS/c1-8-4-2-3-5-9(8)6-19-7-10(11(16)17-18)12(13,14)15/h2-5,10,18H,6-7H2,1H3,(H2,16,17). The molecule has 0 aliphatic carbocycles. The van der Waals surface area contributed by atoms with Gasteiger partial charge in [-0.15, -0.1) is 0 Å². The van der Waals surface area contributed by atoms with Gasteiger partial charge in [-0.1, -0.05) is 29.4 Å². The number of thioether (sulfide) groups is 1. The van der Waals surface area contributed by atoms with E-state index in [0.717, 1.165) is 22.9 Å². The first kappa shape index (κ1) is 15.7. The van der Waals surface area contributed by atoms with Gasteiger partial charge in [-0.25, -0.2) is 0 Å². The highest BCUT2D eigenvalue weighted by Crippen LogP contribution is 2.30. The highest BCUT2D eigenvalue weighted by Gasteiger charge is 2.42. The van der Waals surface area contributed by atoms with Crippen molar-refractivity contribution in [3.8, 4) is 0 Å². The molecule has 0 spiro atoms. The Labute approximate surface area is 113 Å². The molecule has 0 saturated heterocycles. The van der Waals surface area contributed by atoms with E-state index in [0.29, 0.717) is 5.75 Å². The molecule has 19 heavy (non-hydrogen) atoms. The van der Waals surface area contributed by atoms with Gasteiger partial charge in [0.2, 0.25) is 0 Å². The number of nitrogens with two attached hydrogens (primary N) is 1. The maximum Gasteiger partial charge on any atom is 0.399 e. The van der Waals surface area contributed by atoms with Crippen LogP contribution in [0.25, 0.3) is 0 Å². The first-order valence-electron chi connectivity index (χ1n) is 5.52. The molecule has 1 aromatic carbocycles. The second-order valence-corrected chi connectivity index (χ2v) is 5.09. The largest absolute Gasteiger partial charge is 0.409 e. The fourth-order valence-corrected chi connectivity index (χ4v) is 2.73. The number of halogens is 3. The second-order valence-electron chi connectivity index (χ2n) is 4.06. The summed E-state index contributed by atoms with van der Waals surface area (Å²) >= 11 is 1.11. The van der Waals surface area contributed by atoms with Gasteiger partial charge in [-0.05, 0) is 18.1 Å². The zero-order valence-corrected chi connectivity index (χ0v) is 11.1. The Hall–Kier alpha value is -1.37. The zero-order chi connectivity index (χ0) is 14.5. The van der Waals surface area contributed by atoms with Crippen molar-refractivity contribution in [1.82, 2.24) is 0 Å². The van der Waals surface area contributed by atoms with Crippen molar-refractivity contribution in [1.29, 1.82) is 0 Å². The Kier molecular flexibility index (Phi) is 5.53. The topological polar surface area (TPSA) is 58.6 Å². The molecule has 0 saturated carbocycles. The van der Waals surface area contributed by atoms with E-state index in [1.807, 2.05) is 31.2 Å². The summed E-state index contributed by atoms with van der Waals surface area (Å²) in [7, 11) is 0. The Balaban J connectivity index is 2.61. The lowest BCUT2D eigenvalue weighted by Gasteiger charge is -2.18. The van der Waals surface area contributed by atoms with E-state index in [9.17, 15) is 13.2 Å². The lowest BCUT2D eigenvalue weighted by atomic mass is 10.1. The molecule has 0 aromatic heterocycles. The van der Waals surface area contributed by atoms with Crippen molar-refractivity contribution in [2.75, 3.05) is 5.75 Å². The molecule has 0 radical (unpaired) electrons. The van der Waals surface area contributed by atoms with E-state index in [1.165, 1.54) is 0 Å². The molecule has 3 nitrogen and oxygen atoms in total. The number of nitrogens with zero attached hydrogens (tertiary/aromatic N) is 1. The van der Waals surface area contributed by atoms with Gasteiger partial charge in [0.05, 0.1) is 0 Å². The second kappa shape index (κ2) is 6.70. The van der Waals surface area contributed by atoms with Crippen molar-refractivity contribution in [2.24, 2.45) is 16.8 Å². The molecule has 1 unspecified atom stereocenters. The maximum atomic E-state index is 12.7. The van der Waals surface area contributed by atoms with Crippen LogP contribution in [0.15, 0.2) is 29.4 Å². The summed E-state index contributed by atoms with van der Waals surface area (Å²) in [5.74, 6) is -2.54. The molecule has 0 heterocycles. The summed E-state index contributed by atoms with van der Waals surface area (Å²) in [4.78, 5) is 0. The van der Waals surface area contributed by atoms with Crippen molar-refractivity contribution >= 4 is 17.6 Å². The molecule has 1 atom stereocenters. The SMILES string of the molecule is Cc1ccccc1CSCC(/C(N)=N/O)C(F)(F)F. The summed E-state index contributed by atoms with van der Waals surface area (Å²) in [6.07, 6.45) is -4.50. The smallest absolute Gasteiger partial charge is 0.399 e. The van der Waals surface area contributed by atoms with E-state index in [2.05, 4.69) is 5.16 Å². The van der Waals surface area contributed by atoms with Crippen molar-refractivity contribution in [2.45, 2.75) is 18.9 Å². The molecule has 0 bridgehead atoms. The van der Waals surface area contributed by atoms with Crippen LogP contribution in [-0.4, -0.2) is 23.0 Å². The molecule has 0 aliphatic heterocycles. The quantitative estimate of drug-likeness (QED) is 0.379. The monoisotopic (exact) mass is 292 g/mol. The number of oxime groups is 1. The van der Waals surface area contributed by atoms with Crippen LogP contribution in [0, 0.1) is 12.8 Å². The summed E-state index contributed by atoms with van der Waals surface area (Å²) in [5, 5.41) is 10.8. The fourth-order valence-electron chi connectivity index (χ4n) is 1.48. The number of aryl methyl sites for hydroxylation is 1. The first-order valence-corrected chi connectivity index (χ1v) is 6.68. The molecule has 0 amide bonds. The van der Waals surface area contributed by atoms with Crippen molar-refractivity contribution < 1.29 is 18.4 Å². The number of rotatable bonds is 5. The maximum absolute atomic E-state index is 12.7. The predicted molar refractivity (Wildman–Crippen MR) is 70.3 cm³/mol. The summed E-state index contributed by atoms with van der Waals surface area (Å²) in [6, 6.07) is 7.49. The van der Waals surface area contributed by atoms with Crippen LogP contribution < -0.4 is 5.73 Å². The molecule has 0 fully saturated rings. The third-order valence-electron chi connectivity index (χ3n) is 2.67. The summed E-state index contributed by atoms with van der Waals surface area (Å²) < 4.78 is 38.0. The summed E-state index contributed by atoms with van der Waals surface area (Å²) in [5.41, 5.74) is 7.09. The molecule has 1 rings (SSSR count). The van der Waals surface area contributed by atoms with E-state index in [-0.39, 0.29) is 5.75 Å². The number of amidine groups is 1. The van der Waals surface area contributed by atoms with Crippen LogP contribution in [0.4, 0.5) is 13.2 Å². The first-order chi connectivity index (χ1) is 8.86. The van der Waals surface area contributed by atoms with E-state index in [4.69, 9.17) is 10.9 Å². The van der Waals surface area contributed by atoms with Gasteiger partial charge in [0, 0.05) is 11.5 Å². The minimum atomic E-state index is -4.50. The number of hydrogen-bond donors (Lipinski definition) is 2. The third kappa shape index (κ3) is 4.66. The predicted octanol–water partition coefficient (Wildman–Crippen LogP) is 3.15. The van der Waals surface area contributed by atoms with Crippen molar-refractivity contribution in [3.63, 3.8) is 0 Å². The van der Waals surface area contributed by atoms with E-state index in [1.54, 1.807) is 0 Å². The summed E-state index contributed by atoms with van der Waals surface area (Å²) in [6.45, 7) is 1.90. The molecular formula is C12H15F3N2OS. The normalized spacial score (nSPS) is 14.4. The Morgan fingerprint density at radius 1 is 1.42 bits per heavy atom. The Morgan fingerprint density at radius 3 is 2.58 bits per heavy atom.